The quantitative estimate of drug-likeness (QED) is 0.631. The number of alkyl halides is 3. The van der Waals surface area contributed by atoms with Crippen molar-refractivity contribution in [2.24, 2.45) is 5.73 Å². The standard InChI is InChI=1S/C12H16F4NO3P/c1-3-19-21(18,20-4-2)11(17)8-5-6-10(13)9(7-8)12(14,15)16/h5-7,11H,3-4,17H2,1-2H3/t11-/m1/s1. The molecule has 0 aromatic heterocycles. The molecule has 9 heteroatoms. The number of rotatable bonds is 6. The largest absolute Gasteiger partial charge is 0.419 e. The topological polar surface area (TPSA) is 61.5 Å². The lowest BCUT2D eigenvalue weighted by Gasteiger charge is -2.24. The van der Waals surface area contributed by atoms with E-state index < -0.39 is 30.9 Å². The van der Waals surface area contributed by atoms with Gasteiger partial charge in [0.1, 0.15) is 11.6 Å². The van der Waals surface area contributed by atoms with Crippen molar-refractivity contribution >= 4 is 7.60 Å². The Labute approximate surface area is 119 Å². The van der Waals surface area contributed by atoms with Crippen molar-refractivity contribution in [3.8, 4) is 0 Å². The molecular formula is C12H16F4NO3P. The van der Waals surface area contributed by atoms with Crippen LogP contribution < -0.4 is 5.73 Å². The second kappa shape index (κ2) is 6.87. The maximum atomic E-state index is 13.2. The summed E-state index contributed by atoms with van der Waals surface area (Å²) < 4.78 is 73.6. The molecule has 4 nitrogen and oxygen atoms in total. The summed E-state index contributed by atoms with van der Waals surface area (Å²) in [6.07, 6.45) is -4.87. The Bertz CT molecular complexity index is 526. The molecule has 120 valence electrons. The normalized spacial score (nSPS) is 14.2. The van der Waals surface area contributed by atoms with Crippen molar-refractivity contribution in [1.82, 2.24) is 0 Å². The highest BCUT2D eigenvalue weighted by Crippen LogP contribution is 2.58. The molecule has 1 aromatic rings. The first kappa shape index (κ1) is 18.1. The molecule has 0 spiro atoms. The third-order valence-corrected chi connectivity index (χ3v) is 4.81. The van der Waals surface area contributed by atoms with Gasteiger partial charge in [0.25, 0.3) is 0 Å². The highest BCUT2D eigenvalue weighted by Gasteiger charge is 2.38. The van der Waals surface area contributed by atoms with E-state index in [1.165, 1.54) is 0 Å². The van der Waals surface area contributed by atoms with Crippen LogP contribution in [0.4, 0.5) is 17.6 Å². The summed E-state index contributed by atoms with van der Waals surface area (Å²) in [7, 11) is -3.83. The third-order valence-electron chi connectivity index (χ3n) is 2.60. The molecule has 0 aliphatic rings. The van der Waals surface area contributed by atoms with Gasteiger partial charge in [-0.1, -0.05) is 6.07 Å². The number of hydrogen-bond donors (Lipinski definition) is 1. The van der Waals surface area contributed by atoms with Gasteiger partial charge in [0.15, 0.2) is 0 Å². The highest BCUT2D eigenvalue weighted by molar-refractivity contribution is 7.54. The van der Waals surface area contributed by atoms with Gasteiger partial charge in [0.2, 0.25) is 0 Å². The van der Waals surface area contributed by atoms with Crippen LogP contribution in [0.5, 0.6) is 0 Å². The lowest BCUT2D eigenvalue weighted by molar-refractivity contribution is -0.140. The second-order valence-electron chi connectivity index (χ2n) is 4.06. The van der Waals surface area contributed by atoms with Gasteiger partial charge in [-0.3, -0.25) is 4.57 Å². The zero-order valence-electron chi connectivity index (χ0n) is 11.5. The first-order valence-electron chi connectivity index (χ1n) is 6.16. The third kappa shape index (κ3) is 4.26. The van der Waals surface area contributed by atoms with Crippen molar-refractivity contribution in [2.45, 2.75) is 25.8 Å². The Morgan fingerprint density at radius 3 is 2.19 bits per heavy atom. The first-order valence-corrected chi connectivity index (χ1v) is 7.78. The summed E-state index contributed by atoms with van der Waals surface area (Å²) in [6, 6.07) is 2.17. The zero-order chi connectivity index (χ0) is 16.3. The molecule has 1 atom stereocenters. The van der Waals surface area contributed by atoms with Crippen molar-refractivity contribution in [1.29, 1.82) is 0 Å². The van der Waals surface area contributed by atoms with Crippen LogP contribution in [0, 0.1) is 5.82 Å². The van der Waals surface area contributed by atoms with Crippen molar-refractivity contribution in [3.63, 3.8) is 0 Å². The number of hydrogen-bond acceptors (Lipinski definition) is 4. The zero-order valence-corrected chi connectivity index (χ0v) is 12.4. The fourth-order valence-corrected chi connectivity index (χ4v) is 3.33. The van der Waals surface area contributed by atoms with E-state index in [1.54, 1.807) is 13.8 Å². The van der Waals surface area contributed by atoms with E-state index in [1.807, 2.05) is 0 Å². The van der Waals surface area contributed by atoms with Gasteiger partial charge in [-0.25, -0.2) is 4.39 Å². The summed E-state index contributed by atoms with van der Waals surface area (Å²) in [5.74, 6) is -2.86. The lowest BCUT2D eigenvalue weighted by atomic mass is 10.1. The second-order valence-corrected chi connectivity index (χ2v) is 6.21. The molecule has 0 aliphatic carbocycles. The van der Waals surface area contributed by atoms with E-state index in [0.29, 0.717) is 12.1 Å². The van der Waals surface area contributed by atoms with Gasteiger partial charge >= 0.3 is 13.8 Å². The summed E-state index contributed by atoms with van der Waals surface area (Å²) in [5.41, 5.74) is 4.06. The van der Waals surface area contributed by atoms with Gasteiger partial charge in [-0.05, 0) is 31.5 Å². The van der Waals surface area contributed by atoms with E-state index >= 15 is 0 Å². The molecule has 0 amide bonds. The smallest absolute Gasteiger partial charge is 0.314 e. The van der Waals surface area contributed by atoms with Crippen LogP contribution in [0.25, 0.3) is 0 Å². The molecule has 0 aliphatic heterocycles. The molecule has 0 fully saturated rings. The van der Waals surface area contributed by atoms with Crippen LogP contribution in [-0.4, -0.2) is 13.2 Å². The molecule has 1 rings (SSSR count). The maximum Gasteiger partial charge on any atom is 0.419 e. The number of nitrogens with two attached hydrogens (primary N) is 1. The molecule has 2 N–H and O–H groups in total. The molecule has 0 saturated carbocycles. The monoisotopic (exact) mass is 329 g/mol. The molecule has 1 aromatic carbocycles. The van der Waals surface area contributed by atoms with Gasteiger partial charge in [0.05, 0.1) is 18.8 Å². The molecule has 0 saturated heterocycles. The maximum absolute atomic E-state index is 13.2. The lowest BCUT2D eigenvalue weighted by Crippen LogP contribution is -2.17. The van der Waals surface area contributed by atoms with Gasteiger partial charge in [0, 0.05) is 0 Å². The fraction of sp³-hybridized carbons (Fsp3) is 0.500. The Hall–Kier alpha value is -0.950. The molecule has 0 radical (unpaired) electrons. The minimum absolute atomic E-state index is 0.0122. The predicted molar refractivity (Wildman–Crippen MR) is 69.2 cm³/mol. The Morgan fingerprint density at radius 2 is 1.76 bits per heavy atom. The van der Waals surface area contributed by atoms with Crippen molar-refractivity contribution < 1.29 is 31.2 Å². The minimum atomic E-state index is -4.87. The Morgan fingerprint density at radius 1 is 1.24 bits per heavy atom. The summed E-state index contributed by atoms with van der Waals surface area (Å²) >= 11 is 0. The van der Waals surface area contributed by atoms with E-state index in [9.17, 15) is 22.1 Å². The van der Waals surface area contributed by atoms with Crippen LogP contribution in [0.1, 0.15) is 30.8 Å². The summed E-state index contributed by atoms with van der Waals surface area (Å²) in [6.45, 7) is 3.12. The minimum Gasteiger partial charge on any atom is -0.314 e. The SMILES string of the molecule is CCOP(=O)(OCC)[C@@H](N)c1ccc(F)c(C(F)(F)F)c1. The molecule has 0 unspecified atom stereocenters. The summed E-state index contributed by atoms with van der Waals surface area (Å²) in [4.78, 5) is 0. The highest BCUT2D eigenvalue weighted by atomic mass is 31.2. The number of halogens is 4. The molecular weight excluding hydrogens is 313 g/mol. The van der Waals surface area contributed by atoms with E-state index in [2.05, 4.69) is 0 Å². The van der Waals surface area contributed by atoms with E-state index in [4.69, 9.17) is 14.8 Å². The van der Waals surface area contributed by atoms with Crippen LogP contribution >= 0.6 is 7.60 Å². The van der Waals surface area contributed by atoms with Crippen LogP contribution in [0.15, 0.2) is 18.2 Å². The molecule has 0 heterocycles. The van der Waals surface area contributed by atoms with Gasteiger partial charge in [-0.15, -0.1) is 0 Å². The van der Waals surface area contributed by atoms with Crippen LogP contribution in [0.3, 0.4) is 0 Å². The fourth-order valence-electron chi connectivity index (χ4n) is 1.68. The van der Waals surface area contributed by atoms with Crippen LogP contribution in [-0.2, 0) is 19.8 Å². The number of benzene rings is 1. The van der Waals surface area contributed by atoms with Crippen molar-refractivity contribution in [3.05, 3.63) is 35.1 Å². The first-order chi connectivity index (χ1) is 9.65. The average molecular weight is 329 g/mol. The van der Waals surface area contributed by atoms with E-state index in [-0.39, 0.29) is 18.8 Å². The van der Waals surface area contributed by atoms with Gasteiger partial charge < -0.3 is 14.8 Å². The van der Waals surface area contributed by atoms with E-state index in [0.717, 1.165) is 6.07 Å². The predicted octanol–water partition coefficient (Wildman–Crippen LogP) is 4.07. The average Bonchev–Trinajstić information content (AvgIpc) is 2.37. The Balaban J connectivity index is 3.23. The Kier molecular flexibility index (Phi) is 5.92. The van der Waals surface area contributed by atoms with Crippen molar-refractivity contribution in [2.75, 3.05) is 13.2 Å². The van der Waals surface area contributed by atoms with Gasteiger partial charge in [-0.2, -0.15) is 13.2 Å². The van der Waals surface area contributed by atoms with Crippen LogP contribution in [0.2, 0.25) is 0 Å². The summed E-state index contributed by atoms with van der Waals surface area (Å²) in [5, 5.41) is 0. The molecule has 0 bridgehead atoms. The molecule has 21 heavy (non-hydrogen) atoms.